The normalized spacial score (nSPS) is 12.6. The van der Waals surface area contributed by atoms with E-state index in [1.807, 2.05) is 31.7 Å². The van der Waals surface area contributed by atoms with E-state index in [-0.39, 0.29) is 6.04 Å². The summed E-state index contributed by atoms with van der Waals surface area (Å²) in [5, 5.41) is 3.47. The molecule has 17 heavy (non-hydrogen) atoms. The Hall–Kier alpha value is -1.68. The highest BCUT2D eigenvalue weighted by Crippen LogP contribution is 2.16. The molecule has 0 spiro atoms. The monoisotopic (exact) mass is 230 g/mol. The first-order valence-electron chi connectivity index (χ1n) is 5.90. The summed E-state index contributed by atoms with van der Waals surface area (Å²) in [7, 11) is 2.02. The Bertz CT molecular complexity index is 449. The molecule has 0 amide bonds. The van der Waals surface area contributed by atoms with Crippen LogP contribution in [0.4, 0.5) is 0 Å². The van der Waals surface area contributed by atoms with Crippen LogP contribution < -0.4 is 5.32 Å². The van der Waals surface area contributed by atoms with Gasteiger partial charge in [0, 0.05) is 44.3 Å². The van der Waals surface area contributed by atoms with Gasteiger partial charge in [-0.15, -0.1) is 0 Å². The fraction of sp³-hybridized carbons (Fsp3) is 0.385. The summed E-state index contributed by atoms with van der Waals surface area (Å²) in [6, 6.07) is 4.34. The Balaban J connectivity index is 2.16. The van der Waals surface area contributed by atoms with Crippen molar-refractivity contribution in [2.24, 2.45) is 7.05 Å². The second kappa shape index (κ2) is 5.59. The van der Waals surface area contributed by atoms with E-state index in [0.29, 0.717) is 0 Å². The molecule has 0 saturated carbocycles. The second-order valence-electron chi connectivity index (χ2n) is 4.06. The van der Waals surface area contributed by atoms with Crippen molar-refractivity contribution in [1.29, 1.82) is 0 Å². The van der Waals surface area contributed by atoms with Crippen LogP contribution in [-0.2, 0) is 13.5 Å². The molecular formula is C13H18N4. The standard InChI is InChI=1S/C13H18N4/c1-3-15-12(11-5-4-6-14-10-11)9-13-16-7-8-17(13)2/h4-8,10,12,15H,3,9H2,1-2H3. The van der Waals surface area contributed by atoms with Gasteiger partial charge < -0.3 is 9.88 Å². The summed E-state index contributed by atoms with van der Waals surface area (Å²) < 4.78 is 2.06. The number of nitrogens with one attached hydrogen (secondary N) is 1. The lowest BCUT2D eigenvalue weighted by molar-refractivity contribution is 0.527. The van der Waals surface area contributed by atoms with Crippen molar-refractivity contribution in [1.82, 2.24) is 19.9 Å². The SMILES string of the molecule is CCNC(Cc1nccn1C)c1cccnc1. The van der Waals surface area contributed by atoms with Crippen LogP contribution in [0.1, 0.15) is 24.4 Å². The van der Waals surface area contributed by atoms with Crippen LogP contribution >= 0.6 is 0 Å². The van der Waals surface area contributed by atoms with Gasteiger partial charge >= 0.3 is 0 Å². The number of imidazole rings is 1. The average Bonchev–Trinajstić information content (AvgIpc) is 2.76. The van der Waals surface area contributed by atoms with E-state index < -0.39 is 0 Å². The number of aryl methyl sites for hydroxylation is 1. The van der Waals surface area contributed by atoms with E-state index in [1.54, 1.807) is 6.20 Å². The predicted molar refractivity (Wildman–Crippen MR) is 67.6 cm³/mol. The Morgan fingerprint density at radius 3 is 2.88 bits per heavy atom. The van der Waals surface area contributed by atoms with Crippen LogP contribution in [0.2, 0.25) is 0 Å². The Morgan fingerprint density at radius 1 is 1.41 bits per heavy atom. The smallest absolute Gasteiger partial charge is 0.110 e. The van der Waals surface area contributed by atoms with Crippen molar-refractivity contribution in [3.63, 3.8) is 0 Å². The van der Waals surface area contributed by atoms with E-state index in [9.17, 15) is 0 Å². The molecule has 2 aromatic heterocycles. The lowest BCUT2D eigenvalue weighted by atomic mass is 10.1. The third kappa shape index (κ3) is 2.91. The number of hydrogen-bond acceptors (Lipinski definition) is 3. The predicted octanol–water partition coefficient (Wildman–Crippen LogP) is 1.71. The fourth-order valence-electron chi connectivity index (χ4n) is 1.91. The van der Waals surface area contributed by atoms with Crippen molar-refractivity contribution in [2.45, 2.75) is 19.4 Å². The molecule has 1 N–H and O–H groups in total. The van der Waals surface area contributed by atoms with E-state index >= 15 is 0 Å². The maximum atomic E-state index is 4.37. The first-order valence-corrected chi connectivity index (χ1v) is 5.90. The fourth-order valence-corrected chi connectivity index (χ4v) is 1.91. The molecule has 2 rings (SSSR count). The summed E-state index contributed by atoms with van der Waals surface area (Å²) in [5.41, 5.74) is 1.21. The van der Waals surface area contributed by atoms with Crippen LogP contribution in [0.25, 0.3) is 0 Å². The van der Waals surface area contributed by atoms with Crippen LogP contribution in [0.5, 0.6) is 0 Å². The van der Waals surface area contributed by atoms with Gasteiger partial charge in [0.15, 0.2) is 0 Å². The van der Waals surface area contributed by atoms with E-state index in [0.717, 1.165) is 18.8 Å². The summed E-state index contributed by atoms with van der Waals surface area (Å²) in [5.74, 6) is 1.08. The van der Waals surface area contributed by atoms with Crippen molar-refractivity contribution < 1.29 is 0 Å². The molecule has 2 heterocycles. The summed E-state index contributed by atoms with van der Waals surface area (Å²) in [6.07, 6.45) is 8.40. The topological polar surface area (TPSA) is 42.7 Å². The third-order valence-corrected chi connectivity index (χ3v) is 2.84. The van der Waals surface area contributed by atoms with Gasteiger partial charge in [0.1, 0.15) is 5.82 Å². The largest absolute Gasteiger partial charge is 0.338 e. The maximum absolute atomic E-state index is 4.37. The molecule has 0 aliphatic rings. The molecule has 1 atom stereocenters. The van der Waals surface area contributed by atoms with Gasteiger partial charge in [-0.3, -0.25) is 4.98 Å². The van der Waals surface area contributed by atoms with Crippen molar-refractivity contribution >= 4 is 0 Å². The lowest BCUT2D eigenvalue weighted by Crippen LogP contribution is -2.24. The minimum absolute atomic E-state index is 0.273. The lowest BCUT2D eigenvalue weighted by Gasteiger charge is -2.17. The molecule has 0 bridgehead atoms. The van der Waals surface area contributed by atoms with Crippen LogP contribution in [0.15, 0.2) is 36.9 Å². The molecule has 4 heteroatoms. The molecular weight excluding hydrogens is 212 g/mol. The summed E-state index contributed by atoms with van der Waals surface area (Å²) in [4.78, 5) is 8.54. The van der Waals surface area contributed by atoms with Gasteiger partial charge in [0.2, 0.25) is 0 Å². The number of rotatable bonds is 5. The zero-order valence-electron chi connectivity index (χ0n) is 10.3. The number of likely N-dealkylation sites (N-methyl/N-ethyl adjacent to an activating group) is 1. The van der Waals surface area contributed by atoms with Crippen molar-refractivity contribution in [2.75, 3.05) is 6.54 Å². The minimum atomic E-state index is 0.273. The van der Waals surface area contributed by atoms with E-state index in [2.05, 4.69) is 32.8 Å². The summed E-state index contributed by atoms with van der Waals surface area (Å²) >= 11 is 0. The Labute approximate surface area is 102 Å². The molecule has 0 aliphatic heterocycles. The number of aromatic nitrogens is 3. The highest BCUT2D eigenvalue weighted by Gasteiger charge is 2.13. The molecule has 0 aliphatic carbocycles. The zero-order valence-corrected chi connectivity index (χ0v) is 10.3. The van der Waals surface area contributed by atoms with Gasteiger partial charge in [-0.1, -0.05) is 13.0 Å². The summed E-state index contributed by atoms with van der Waals surface area (Å²) in [6.45, 7) is 3.05. The molecule has 4 nitrogen and oxygen atoms in total. The minimum Gasteiger partial charge on any atom is -0.338 e. The quantitative estimate of drug-likeness (QED) is 0.850. The Kier molecular flexibility index (Phi) is 3.88. The highest BCUT2D eigenvalue weighted by molar-refractivity contribution is 5.15. The average molecular weight is 230 g/mol. The van der Waals surface area contributed by atoms with Gasteiger partial charge in [0.05, 0.1) is 0 Å². The van der Waals surface area contributed by atoms with Crippen LogP contribution in [-0.4, -0.2) is 21.1 Å². The first kappa shape index (κ1) is 11.8. The zero-order chi connectivity index (χ0) is 12.1. The highest BCUT2D eigenvalue weighted by atomic mass is 15.0. The van der Waals surface area contributed by atoms with Crippen LogP contribution in [0, 0.1) is 0 Å². The van der Waals surface area contributed by atoms with Gasteiger partial charge in [-0.05, 0) is 18.2 Å². The second-order valence-corrected chi connectivity index (χ2v) is 4.06. The maximum Gasteiger partial charge on any atom is 0.110 e. The molecule has 0 radical (unpaired) electrons. The van der Waals surface area contributed by atoms with Crippen LogP contribution in [0.3, 0.4) is 0 Å². The Morgan fingerprint density at radius 2 is 2.29 bits per heavy atom. The van der Waals surface area contributed by atoms with E-state index in [4.69, 9.17) is 0 Å². The number of nitrogens with zero attached hydrogens (tertiary/aromatic N) is 3. The van der Waals surface area contributed by atoms with Crippen molar-refractivity contribution in [3.8, 4) is 0 Å². The molecule has 2 aromatic rings. The molecule has 0 aromatic carbocycles. The number of hydrogen-bond donors (Lipinski definition) is 1. The van der Waals surface area contributed by atoms with E-state index in [1.165, 1.54) is 5.56 Å². The van der Waals surface area contributed by atoms with Gasteiger partial charge in [0.25, 0.3) is 0 Å². The first-order chi connectivity index (χ1) is 8.31. The molecule has 90 valence electrons. The van der Waals surface area contributed by atoms with Gasteiger partial charge in [-0.2, -0.15) is 0 Å². The van der Waals surface area contributed by atoms with Crippen molar-refractivity contribution in [3.05, 3.63) is 48.3 Å². The third-order valence-electron chi connectivity index (χ3n) is 2.84. The number of pyridine rings is 1. The molecule has 0 fully saturated rings. The molecule has 1 unspecified atom stereocenters. The van der Waals surface area contributed by atoms with Gasteiger partial charge in [-0.25, -0.2) is 4.98 Å². The molecule has 0 saturated heterocycles.